The van der Waals surface area contributed by atoms with Gasteiger partial charge in [-0.3, -0.25) is 4.79 Å². The summed E-state index contributed by atoms with van der Waals surface area (Å²) in [5, 5.41) is 2.86. The second-order valence-electron chi connectivity index (χ2n) is 3.40. The highest BCUT2D eigenvalue weighted by atomic mass is 16.5. The number of rotatable bonds is 6. The zero-order chi connectivity index (χ0) is 11.8. The van der Waals surface area contributed by atoms with Crippen LogP contribution in [0.1, 0.15) is 19.8 Å². The normalized spacial score (nSPS) is 9.81. The standard InChI is InChI=1S/C11H17N3O2/c1-2-3-6-16-11(15)8-14-10-5-4-9(12)7-13-10/h4-5,7H,2-3,6,8,12H2,1H3,(H,13,14). The van der Waals surface area contributed by atoms with Crippen molar-refractivity contribution in [3.63, 3.8) is 0 Å². The highest BCUT2D eigenvalue weighted by Gasteiger charge is 2.02. The molecule has 1 aromatic heterocycles. The first kappa shape index (κ1) is 12.3. The molecule has 0 aliphatic heterocycles. The Morgan fingerprint density at radius 1 is 1.56 bits per heavy atom. The van der Waals surface area contributed by atoms with Crippen molar-refractivity contribution >= 4 is 17.5 Å². The number of anilines is 2. The summed E-state index contributed by atoms with van der Waals surface area (Å²) >= 11 is 0. The summed E-state index contributed by atoms with van der Waals surface area (Å²) in [6.07, 6.45) is 3.44. The lowest BCUT2D eigenvalue weighted by Gasteiger charge is -2.06. The van der Waals surface area contributed by atoms with Gasteiger partial charge in [-0.15, -0.1) is 0 Å². The Labute approximate surface area is 95.0 Å². The van der Waals surface area contributed by atoms with Gasteiger partial charge in [-0.2, -0.15) is 0 Å². The second-order valence-corrected chi connectivity index (χ2v) is 3.40. The van der Waals surface area contributed by atoms with Crippen LogP contribution >= 0.6 is 0 Å². The molecule has 0 amide bonds. The van der Waals surface area contributed by atoms with E-state index in [1.165, 1.54) is 6.20 Å². The van der Waals surface area contributed by atoms with Crippen molar-refractivity contribution < 1.29 is 9.53 Å². The molecular weight excluding hydrogens is 206 g/mol. The van der Waals surface area contributed by atoms with Crippen LogP contribution in [0.3, 0.4) is 0 Å². The lowest BCUT2D eigenvalue weighted by molar-refractivity contribution is -0.141. The number of nitrogens with two attached hydrogens (primary N) is 1. The minimum Gasteiger partial charge on any atom is -0.464 e. The number of carbonyl (C=O) groups excluding carboxylic acids is 1. The zero-order valence-corrected chi connectivity index (χ0v) is 9.40. The van der Waals surface area contributed by atoms with Crippen molar-refractivity contribution in [3.05, 3.63) is 18.3 Å². The fourth-order valence-corrected chi connectivity index (χ4v) is 1.05. The first-order chi connectivity index (χ1) is 7.72. The van der Waals surface area contributed by atoms with Gasteiger partial charge in [0.25, 0.3) is 0 Å². The summed E-state index contributed by atoms with van der Waals surface area (Å²) in [5.74, 6) is 0.341. The molecule has 0 fully saturated rings. The van der Waals surface area contributed by atoms with Gasteiger partial charge in [0, 0.05) is 0 Å². The molecule has 1 rings (SSSR count). The molecule has 88 valence electrons. The molecule has 0 atom stereocenters. The van der Waals surface area contributed by atoms with Crippen molar-refractivity contribution in [2.45, 2.75) is 19.8 Å². The minimum absolute atomic E-state index is 0.126. The molecule has 0 aromatic carbocycles. The monoisotopic (exact) mass is 223 g/mol. The van der Waals surface area contributed by atoms with E-state index in [0.29, 0.717) is 18.1 Å². The van der Waals surface area contributed by atoms with Gasteiger partial charge < -0.3 is 15.8 Å². The van der Waals surface area contributed by atoms with Gasteiger partial charge in [-0.05, 0) is 18.6 Å². The second kappa shape index (κ2) is 6.66. The maximum absolute atomic E-state index is 11.2. The largest absolute Gasteiger partial charge is 0.464 e. The maximum Gasteiger partial charge on any atom is 0.325 e. The molecule has 0 spiro atoms. The van der Waals surface area contributed by atoms with Crippen molar-refractivity contribution in [1.29, 1.82) is 0 Å². The van der Waals surface area contributed by atoms with E-state index in [-0.39, 0.29) is 12.5 Å². The predicted octanol–water partition coefficient (Wildman–Crippen LogP) is 1.42. The minimum atomic E-state index is -0.271. The van der Waals surface area contributed by atoms with E-state index in [2.05, 4.69) is 10.3 Å². The smallest absolute Gasteiger partial charge is 0.325 e. The zero-order valence-electron chi connectivity index (χ0n) is 9.40. The van der Waals surface area contributed by atoms with Crippen LogP contribution in [0.4, 0.5) is 11.5 Å². The summed E-state index contributed by atoms with van der Waals surface area (Å²) in [5.41, 5.74) is 6.08. The summed E-state index contributed by atoms with van der Waals surface area (Å²) in [6, 6.07) is 3.44. The Kier molecular flexibility index (Phi) is 5.11. The fraction of sp³-hybridized carbons (Fsp3) is 0.455. The molecule has 5 nitrogen and oxygen atoms in total. The number of aromatic nitrogens is 1. The molecule has 5 heteroatoms. The number of unbranched alkanes of at least 4 members (excludes halogenated alkanes) is 1. The number of esters is 1. The molecule has 3 N–H and O–H groups in total. The van der Waals surface area contributed by atoms with Crippen LogP contribution in [0, 0.1) is 0 Å². The van der Waals surface area contributed by atoms with E-state index in [4.69, 9.17) is 10.5 Å². The van der Waals surface area contributed by atoms with Crippen molar-refractivity contribution in [2.24, 2.45) is 0 Å². The fourth-order valence-electron chi connectivity index (χ4n) is 1.05. The SMILES string of the molecule is CCCCOC(=O)CNc1ccc(N)cn1. The molecular formula is C11H17N3O2. The summed E-state index contributed by atoms with van der Waals surface area (Å²) in [6.45, 7) is 2.65. The maximum atomic E-state index is 11.2. The third-order valence-corrected chi connectivity index (χ3v) is 1.96. The van der Waals surface area contributed by atoms with Crippen LogP contribution in [0.15, 0.2) is 18.3 Å². The average molecular weight is 223 g/mol. The molecule has 0 radical (unpaired) electrons. The van der Waals surface area contributed by atoms with Crippen LogP contribution in [-0.4, -0.2) is 24.1 Å². The van der Waals surface area contributed by atoms with E-state index in [1.807, 2.05) is 6.92 Å². The first-order valence-electron chi connectivity index (χ1n) is 5.33. The van der Waals surface area contributed by atoms with Gasteiger partial charge in [-0.1, -0.05) is 13.3 Å². The Balaban J connectivity index is 2.23. The van der Waals surface area contributed by atoms with Crippen molar-refractivity contribution in [2.75, 3.05) is 24.2 Å². The number of ether oxygens (including phenoxy) is 1. The highest BCUT2D eigenvalue weighted by molar-refractivity contribution is 5.74. The van der Waals surface area contributed by atoms with Crippen LogP contribution in [0.25, 0.3) is 0 Å². The Bertz CT molecular complexity index is 325. The van der Waals surface area contributed by atoms with Gasteiger partial charge in [0.1, 0.15) is 12.4 Å². The van der Waals surface area contributed by atoms with E-state index in [1.54, 1.807) is 12.1 Å². The van der Waals surface area contributed by atoms with Gasteiger partial charge in [0.15, 0.2) is 0 Å². The molecule has 0 aliphatic rings. The molecule has 0 aliphatic carbocycles. The topological polar surface area (TPSA) is 77.2 Å². The van der Waals surface area contributed by atoms with Gasteiger partial charge in [-0.25, -0.2) is 4.98 Å². The van der Waals surface area contributed by atoms with E-state index < -0.39 is 0 Å². The number of hydrogen-bond acceptors (Lipinski definition) is 5. The summed E-state index contributed by atoms with van der Waals surface area (Å²) in [4.78, 5) is 15.2. The van der Waals surface area contributed by atoms with E-state index in [9.17, 15) is 4.79 Å². The number of hydrogen-bond donors (Lipinski definition) is 2. The number of nitrogens with one attached hydrogen (secondary N) is 1. The lowest BCUT2D eigenvalue weighted by atomic mass is 10.4. The van der Waals surface area contributed by atoms with Crippen molar-refractivity contribution in [1.82, 2.24) is 4.98 Å². The van der Waals surface area contributed by atoms with E-state index in [0.717, 1.165) is 12.8 Å². The molecule has 0 saturated carbocycles. The third-order valence-electron chi connectivity index (χ3n) is 1.96. The van der Waals surface area contributed by atoms with Gasteiger partial charge >= 0.3 is 5.97 Å². The van der Waals surface area contributed by atoms with E-state index >= 15 is 0 Å². The third kappa shape index (κ3) is 4.63. The molecule has 1 aromatic rings. The number of nitrogen functional groups attached to an aromatic ring is 1. The average Bonchev–Trinajstić information content (AvgIpc) is 2.29. The molecule has 1 heterocycles. The Hall–Kier alpha value is -1.78. The van der Waals surface area contributed by atoms with Crippen LogP contribution in [0.5, 0.6) is 0 Å². The first-order valence-corrected chi connectivity index (χ1v) is 5.33. The summed E-state index contributed by atoms with van der Waals surface area (Å²) in [7, 11) is 0. The van der Waals surface area contributed by atoms with Crippen molar-refractivity contribution in [3.8, 4) is 0 Å². The number of carbonyl (C=O) groups is 1. The molecule has 0 saturated heterocycles. The highest BCUT2D eigenvalue weighted by Crippen LogP contribution is 2.05. The number of pyridine rings is 1. The van der Waals surface area contributed by atoms with Crippen LogP contribution < -0.4 is 11.1 Å². The summed E-state index contributed by atoms with van der Waals surface area (Å²) < 4.78 is 4.97. The Morgan fingerprint density at radius 2 is 2.38 bits per heavy atom. The van der Waals surface area contributed by atoms with Crippen LogP contribution in [0.2, 0.25) is 0 Å². The number of nitrogens with zero attached hydrogens (tertiary/aromatic N) is 1. The predicted molar refractivity (Wildman–Crippen MR) is 63.0 cm³/mol. The molecule has 0 unspecified atom stereocenters. The van der Waals surface area contributed by atoms with Crippen LogP contribution in [-0.2, 0) is 9.53 Å². The molecule has 16 heavy (non-hydrogen) atoms. The molecule has 0 bridgehead atoms. The Morgan fingerprint density at radius 3 is 3.00 bits per heavy atom. The quantitative estimate of drug-likeness (QED) is 0.563. The van der Waals surface area contributed by atoms with Gasteiger partial charge in [0.2, 0.25) is 0 Å². The lowest BCUT2D eigenvalue weighted by Crippen LogP contribution is -2.17. The van der Waals surface area contributed by atoms with Gasteiger partial charge in [0.05, 0.1) is 18.5 Å².